The predicted octanol–water partition coefficient (Wildman–Crippen LogP) is 4.24. The monoisotopic (exact) mass is 425 g/mol. The number of nitrogens with zero attached hydrogens (tertiary/aromatic N) is 2. The lowest BCUT2D eigenvalue weighted by molar-refractivity contribution is -0.384. The van der Waals surface area contributed by atoms with Crippen LogP contribution >= 0.6 is 0 Å². The number of anilines is 2. The molecule has 1 aliphatic rings. The molecule has 2 aromatic rings. The number of ether oxygens (including phenoxy) is 1. The summed E-state index contributed by atoms with van der Waals surface area (Å²) >= 11 is 0. The van der Waals surface area contributed by atoms with Crippen LogP contribution in [-0.2, 0) is 9.53 Å². The highest BCUT2D eigenvalue weighted by Gasteiger charge is 2.25. The largest absolute Gasteiger partial charge is 0.452 e. The SMILES string of the molecule is Cc1ccc(C)c(NC(=O)COC(=O)c2ccc(N3CCCC(C)C3)c([N+](=O)[O-])c2)c1. The minimum absolute atomic E-state index is 0.0417. The minimum Gasteiger partial charge on any atom is -0.452 e. The quantitative estimate of drug-likeness (QED) is 0.422. The maximum Gasteiger partial charge on any atom is 0.338 e. The molecule has 1 aliphatic heterocycles. The lowest BCUT2D eigenvalue weighted by atomic mass is 9.99. The van der Waals surface area contributed by atoms with Gasteiger partial charge in [0.2, 0.25) is 0 Å². The van der Waals surface area contributed by atoms with Crippen molar-refractivity contribution < 1.29 is 19.2 Å². The average molecular weight is 425 g/mol. The first-order valence-corrected chi connectivity index (χ1v) is 10.3. The van der Waals surface area contributed by atoms with Crippen LogP contribution in [0.5, 0.6) is 0 Å². The number of aryl methyl sites for hydroxylation is 2. The van der Waals surface area contributed by atoms with E-state index in [-0.39, 0.29) is 11.3 Å². The standard InChI is InChI=1S/C23H27N3O5/c1-15-6-7-17(3)19(11-15)24-22(27)14-31-23(28)18-8-9-20(21(12-18)26(29)30)25-10-4-5-16(2)13-25/h6-9,11-12,16H,4-5,10,13-14H2,1-3H3,(H,24,27). The van der Waals surface area contributed by atoms with E-state index in [1.54, 1.807) is 6.07 Å². The van der Waals surface area contributed by atoms with Crippen LogP contribution in [0, 0.1) is 29.9 Å². The number of nitrogens with one attached hydrogen (secondary N) is 1. The van der Waals surface area contributed by atoms with Gasteiger partial charge in [0.05, 0.1) is 10.5 Å². The zero-order chi connectivity index (χ0) is 22.5. The Morgan fingerprint density at radius 3 is 2.71 bits per heavy atom. The third-order valence-electron chi connectivity index (χ3n) is 5.41. The van der Waals surface area contributed by atoms with Gasteiger partial charge in [0.15, 0.2) is 6.61 Å². The molecule has 31 heavy (non-hydrogen) atoms. The molecule has 1 amide bonds. The summed E-state index contributed by atoms with van der Waals surface area (Å²) in [5.74, 6) is -0.804. The number of hydrogen-bond acceptors (Lipinski definition) is 6. The number of rotatable bonds is 6. The Morgan fingerprint density at radius 1 is 1.23 bits per heavy atom. The van der Waals surface area contributed by atoms with Crippen LogP contribution in [0.3, 0.4) is 0 Å². The van der Waals surface area contributed by atoms with Crippen LogP contribution in [-0.4, -0.2) is 36.5 Å². The Kier molecular flexibility index (Phi) is 6.89. The zero-order valence-electron chi connectivity index (χ0n) is 18.0. The van der Waals surface area contributed by atoms with Crippen molar-refractivity contribution in [2.24, 2.45) is 5.92 Å². The van der Waals surface area contributed by atoms with E-state index in [2.05, 4.69) is 12.2 Å². The van der Waals surface area contributed by atoms with E-state index < -0.39 is 23.4 Å². The summed E-state index contributed by atoms with van der Waals surface area (Å²) in [5.41, 5.74) is 2.94. The molecule has 8 nitrogen and oxygen atoms in total. The maximum absolute atomic E-state index is 12.4. The van der Waals surface area contributed by atoms with Crippen molar-refractivity contribution in [3.05, 3.63) is 63.2 Å². The molecule has 0 aromatic heterocycles. The predicted molar refractivity (Wildman–Crippen MR) is 119 cm³/mol. The fraction of sp³-hybridized carbons (Fsp3) is 0.391. The molecule has 0 bridgehead atoms. The highest BCUT2D eigenvalue weighted by atomic mass is 16.6. The Balaban J connectivity index is 1.67. The average Bonchev–Trinajstić information content (AvgIpc) is 2.74. The Hall–Kier alpha value is -3.42. The summed E-state index contributed by atoms with van der Waals surface area (Å²) in [7, 11) is 0. The molecule has 0 radical (unpaired) electrons. The summed E-state index contributed by atoms with van der Waals surface area (Å²) in [6.07, 6.45) is 2.07. The van der Waals surface area contributed by atoms with E-state index in [1.165, 1.54) is 12.1 Å². The van der Waals surface area contributed by atoms with E-state index in [1.807, 2.05) is 36.9 Å². The second-order valence-corrected chi connectivity index (χ2v) is 8.10. The molecule has 164 valence electrons. The second-order valence-electron chi connectivity index (χ2n) is 8.10. The van der Waals surface area contributed by atoms with Crippen LogP contribution in [0.2, 0.25) is 0 Å². The van der Waals surface area contributed by atoms with Crippen LogP contribution in [0.15, 0.2) is 36.4 Å². The minimum atomic E-state index is -0.780. The van der Waals surface area contributed by atoms with Crippen molar-refractivity contribution >= 4 is 28.9 Å². The van der Waals surface area contributed by atoms with E-state index in [0.717, 1.165) is 37.1 Å². The van der Waals surface area contributed by atoms with Crippen LogP contribution in [0.4, 0.5) is 17.1 Å². The van der Waals surface area contributed by atoms with Gasteiger partial charge in [-0.1, -0.05) is 19.1 Å². The van der Waals surface area contributed by atoms with Gasteiger partial charge in [0, 0.05) is 24.8 Å². The molecule has 1 atom stereocenters. The topological polar surface area (TPSA) is 102 Å². The van der Waals surface area contributed by atoms with Crippen molar-refractivity contribution in [1.29, 1.82) is 0 Å². The highest BCUT2D eigenvalue weighted by Crippen LogP contribution is 2.32. The van der Waals surface area contributed by atoms with Gasteiger partial charge >= 0.3 is 5.97 Å². The molecule has 1 unspecified atom stereocenters. The number of nitro groups is 1. The maximum atomic E-state index is 12.4. The Morgan fingerprint density at radius 2 is 2.00 bits per heavy atom. The number of piperidine rings is 1. The molecule has 1 N–H and O–H groups in total. The van der Waals surface area contributed by atoms with Crippen molar-refractivity contribution in [2.45, 2.75) is 33.6 Å². The van der Waals surface area contributed by atoms with E-state index in [9.17, 15) is 19.7 Å². The molecular formula is C23H27N3O5. The van der Waals surface area contributed by atoms with Gasteiger partial charge in [0.25, 0.3) is 11.6 Å². The van der Waals surface area contributed by atoms with Crippen LogP contribution in [0.25, 0.3) is 0 Å². The molecule has 1 heterocycles. The van der Waals surface area contributed by atoms with Gasteiger partial charge in [-0.15, -0.1) is 0 Å². The summed E-state index contributed by atoms with van der Waals surface area (Å²) in [5, 5.41) is 14.3. The van der Waals surface area contributed by atoms with Gasteiger partial charge < -0.3 is 15.0 Å². The van der Waals surface area contributed by atoms with Crippen molar-refractivity contribution in [3.8, 4) is 0 Å². The van der Waals surface area contributed by atoms with E-state index >= 15 is 0 Å². The summed E-state index contributed by atoms with van der Waals surface area (Å²) in [4.78, 5) is 37.7. The van der Waals surface area contributed by atoms with Gasteiger partial charge in [-0.2, -0.15) is 0 Å². The number of hydrogen-bond donors (Lipinski definition) is 1. The smallest absolute Gasteiger partial charge is 0.338 e. The van der Waals surface area contributed by atoms with Gasteiger partial charge in [-0.05, 0) is 61.9 Å². The lowest BCUT2D eigenvalue weighted by Gasteiger charge is -2.32. The fourth-order valence-electron chi connectivity index (χ4n) is 3.74. The van der Waals surface area contributed by atoms with Crippen LogP contribution < -0.4 is 10.2 Å². The summed E-state index contributed by atoms with van der Waals surface area (Å²) in [6.45, 7) is 6.90. The molecule has 2 aromatic carbocycles. The number of esters is 1. The molecule has 0 saturated carbocycles. The third kappa shape index (κ3) is 5.59. The van der Waals surface area contributed by atoms with Gasteiger partial charge in [-0.25, -0.2) is 4.79 Å². The second kappa shape index (κ2) is 9.59. The van der Waals surface area contributed by atoms with Crippen molar-refractivity contribution in [1.82, 2.24) is 0 Å². The molecule has 1 fully saturated rings. The fourth-order valence-corrected chi connectivity index (χ4v) is 3.74. The third-order valence-corrected chi connectivity index (χ3v) is 5.41. The summed E-state index contributed by atoms with van der Waals surface area (Å²) in [6, 6.07) is 9.97. The molecule has 1 saturated heterocycles. The van der Waals surface area contributed by atoms with Crippen molar-refractivity contribution in [3.63, 3.8) is 0 Å². The molecular weight excluding hydrogens is 398 g/mol. The highest BCUT2D eigenvalue weighted by molar-refractivity contribution is 5.96. The Labute approximate surface area is 181 Å². The lowest BCUT2D eigenvalue weighted by Crippen LogP contribution is -2.34. The van der Waals surface area contributed by atoms with E-state index in [4.69, 9.17) is 4.74 Å². The number of carbonyl (C=O) groups excluding carboxylic acids is 2. The molecule has 8 heteroatoms. The normalized spacial score (nSPS) is 16.0. The molecule has 3 rings (SSSR count). The van der Waals surface area contributed by atoms with E-state index in [0.29, 0.717) is 17.3 Å². The Bertz CT molecular complexity index is 1000. The van der Waals surface area contributed by atoms with Crippen LogP contribution in [0.1, 0.15) is 41.3 Å². The number of nitro benzene ring substituents is 1. The number of carbonyl (C=O) groups is 2. The molecule has 0 spiro atoms. The zero-order valence-corrected chi connectivity index (χ0v) is 18.0. The number of benzene rings is 2. The first-order chi connectivity index (χ1) is 14.7. The van der Waals surface area contributed by atoms with Gasteiger partial charge in [-0.3, -0.25) is 14.9 Å². The molecule has 0 aliphatic carbocycles. The van der Waals surface area contributed by atoms with Gasteiger partial charge in [0.1, 0.15) is 5.69 Å². The first-order valence-electron chi connectivity index (χ1n) is 10.3. The summed E-state index contributed by atoms with van der Waals surface area (Å²) < 4.78 is 5.08. The first kappa shape index (κ1) is 22.3. The van der Waals surface area contributed by atoms with Crippen molar-refractivity contribution in [2.75, 3.05) is 29.9 Å². The number of amides is 1.